The Balaban J connectivity index is 2.20. The maximum absolute atomic E-state index is 10.4. The third-order valence-electron chi connectivity index (χ3n) is 3.34. The molecular formula is C18H19O5-. The van der Waals surface area contributed by atoms with Gasteiger partial charge in [0.1, 0.15) is 24.7 Å². The van der Waals surface area contributed by atoms with E-state index in [1.807, 2.05) is 38.1 Å². The minimum atomic E-state index is -1.25. The molecule has 0 spiro atoms. The maximum atomic E-state index is 10.4. The van der Waals surface area contributed by atoms with E-state index in [0.717, 1.165) is 28.0 Å². The molecule has 2 aromatic rings. The Labute approximate surface area is 135 Å². The van der Waals surface area contributed by atoms with Crippen LogP contribution in [0, 0.1) is 13.8 Å². The summed E-state index contributed by atoms with van der Waals surface area (Å²) in [5.74, 6) is 0.0183. The summed E-state index contributed by atoms with van der Waals surface area (Å²) in [7, 11) is 0. The third-order valence-corrected chi connectivity index (χ3v) is 3.34. The van der Waals surface area contributed by atoms with Crippen LogP contribution in [-0.2, 0) is 4.79 Å². The lowest BCUT2D eigenvalue weighted by Crippen LogP contribution is -2.28. The predicted octanol–water partition coefficient (Wildman–Crippen LogP) is 1.47. The summed E-state index contributed by atoms with van der Waals surface area (Å²) in [6.45, 7) is 3.70. The SMILES string of the molecule is Cc1cc(-c2ccc(OCC(=O)[O-])cc2)cc(C)c1OCCO. The molecule has 0 saturated carbocycles. The van der Waals surface area contributed by atoms with Crippen molar-refractivity contribution in [2.45, 2.75) is 13.8 Å². The van der Waals surface area contributed by atoms with Gasteiger partial charge in [0, 0.05) is 0 Å². The second-order valence-electron chi connectivity index (χ2n) is 5.20. The van der Waals surface area contributed by atoms with Crippen molar-refractivity contribution in [3.63, 3.8) is 0 Å². The molecule has 0 aromatic heterocycles. The Kier molecular flexibility index (Phi) is 5.60. The summed E-state index contributed by atoms with van der Waals surface area (Å²) in [6.07, 6.45) is 0. The molecule has 0 saturated heterocycles. The number of aliphatic hydroxyl groups excluding tert-OH is 1. The molecule has 2 aromatic carbocycles. The Morgan fingerprint density at radius 2 is 1.65 bits per heavy atom. The largest absolute Gasteiger partial charge is 0.546 e. The number of hydrogen-bond acceptors (Lipinski definition) is 5. The van der Waals surface area contributed by atoms with Gasteiger partial charge < -0.3 is 24.5 Å². The molecule has 0 fully saturated rings. The lowest BCUT2D eigenvalue weighted by atomic mass is 9.99. The third kappa shape index (κ3) is 4.47. The van der Waals surface area contributed by atoms with E-state index >= 15 is 0 Å². The van der Waals surface area contributed by atoms with Gasteiger partial charge in [-0.15, -0.1) is 0 Å². The van der Waals surface area contributed by atoms with E-state index in [2.05, 4.69) is 0 Å². The molecule has 0 aliphatic rings. The van der Waals surface area contributed by atoms with Crippen molar-refractivity contribution in [3.05, 3.63) is 47.5 Å². The minimum absolute atomic E-state index is 0.0199. The number of hydrogen-bond donors (Lipinski definition) is 1. The molecule has 5 nitrogen and oxygen atoms in total. The molecule has 0 amide bonds. The van der Waals surface area contributed by atoms with Gasteiger partial charge in [0.2, 0.25) is 0 Å². The molecule has 122 valence electrons. The summed E-state index contributed by atoms with van der Waals surface area (Å²) in [6, 6.07) is 11.2. The van der Waals surface area contributed by atoms with Gasteiger partial charge in [-0.2, -0.15) is 0 Å². The molecule has 0 atom stereocenters. The van der Waals surface area contributed by atoms with E-state index in [1.54, 1.807) is 12.1 Å². The number of benzene rings is 2. The predicted molar refractivity (Wildman–Crippen MR) is 84.4 cm³/mol. The van der Waals surface area contributed by atoms with E-state index in [1.165, 1.54) is 0 Å². The highest BCUT2D eigenvalue weighted by Gasteiger charge is 2.08. The molecule has 0 bridgehead atoms. The fourth-order valence-electron chi connectivity index (χ4n) is 2.38. The first kappa shape index (κ1) is 16.8. The average molecular weight is 315 g/mol. The van der Waals surface area contributed by atoms with Crippen LogP contribution in [0.3, 0.4) is 0 Å². The van der Waals surface area contributed by atoms with Crippen LogP contribution in [0.4, 0.5) is 0 Å². The van der Waals surface area contributed by atoms with Crippen molar-refractivity contribution in [2.24, 2.45) is 0 Å². The van der Waals surface area contributed by atoms with E-state index in [0.29, 0.717) is 5.75 Å². The lowest BCUT2D eigenvalue weighted by Gasteiger charge is -2.14. The zero-order valence-electron chi connectivity index (χ0n) is 13.2. The summed E-state index contributed by atoms with van der Waals surface area (Å²) >= 11 is 0. The normalized spacial score (nSPS) is 10.4. The molecule has 23 heavy (non-hydrogen) atoms. The van der Waals surface area contributed by atoms with Crippen molar-refractivity contribution in [1.82, 2.24) is 0 Å². The maximum Gasteiger partial charge on any atom is 0.128 e. The molecule has 0 radical (unpaired) electrons. The van der Waals surface area contributed by atoms with Crippen molar-refractivity contribution in [3.8, 4) is 22.6 Å². The van der Waals surface area contributed by atoms with Gasteiger partial charge in [0.15, 0.2) is 0 Å². The number of carbonyl (C=O) groups excluding carboxylic acids is 1. The Hall–Kier alpha value is -2.53. The van der Waals surface area contributed by atoms with Gasteiger partial charge in [-0.3, -0.25) is 0 Å². The van der Waals surface area contributed by atoms with E-state index in [4.69, 9.17) is 14.6 Å². The van der Waals surface area contributed by atoms with Crippen LogP contribution in [0.25, 0.3) is 11.1 Å². The van der Waals surface area contributed by atoms with Gasteiger partial charge in [-0.1, -0.05) is 12.1 Å². The van der Waals surface area contributed by atoms with Gasteiger partial charge in [0.25, 0.3) is 0 Å². The molecule has 5 heteroatoms. The fraction of sp³-hybridized carbons (Fsp3) is 0.278. The number of carboxylic acids is 1. The minimum Gasteiger partial charge on any atom is -0.546 e. The zero-order valence-corrected chi connectivity index (χ0v) is 13.2. The standard InChI is InChI=1S/C18H20O5/c1-12-9-15(10-13(2)18(12)22-8-7-19)14-3-5-16(6-4-14)23-11-17(20)21/h3-6,9-10,19H,7-8,11H2,1-2H3,(H,20,21)/p-1. The summed E-state index contributed by atoms with van der Waals surface area (Å²) in [5, 5.41) is 19.2. The smallest absolute Gasteiger partial charge is 0.128 e. The summed E-state index contributed by atoms with van der Waals surface area (Å²) in [5.41, 5.74) is 4.00. The second-order valence-corrected chi connectivity index (χ2v) is 5.20. The molecular weight excluding hydrogens is 296 g/mol. The number of carboxylic acid groups (broad SMARTS) is 1. The highest BCUT2D eigenvalue weighted by molar-refractivity contribution is 5.68. The molecule has 0 unspecified atom stereocenters. The monoisotopic (exact) mass is 315 g/mol. The van der Waals surface area contributed by atoms with Crippen molar-refractivity contribution < 1.29 is 24.5 Å². The van der Waals surface area contributed by atoms with Crippen molar-refractivity contribution in [2.75, 3.05) is 19.8 Å². The van der Waals surface area contributed by atoms with Crippen LogP contribution < -0.4 is 14.6 Å². The Bertz CT molecular complexity index is 653. The van der Waals surface area contributed by atoms with Crippen LogP contribution in [0.1, 0.15) is 11.1 Å². The summed E-state index contributed by atoms with van der Waals surface area (Å²) < 4.78 is 10.6. The topological polar surface area (TPSA) is 78.8 Å². The number of aliphatic hydroxyl groups is 1. The van der Waals surface area contributed by atoms with Crippen LogP contribution in [0.2, 0.25) is 0 Å². The number of rotatable bonds is 7. The van der Waals surface area contributed by atoms with Crippen LogP contribution in [0.15, 0.2) is 36.4 Å². The number of aryl methyl sites for hydroxylation is 2. The van der Waals surface area contributed by atoms with Crippen LogP contribution >= 0.6 is 0 Å². The van der Waals surface area contributed by atoms with Gasteiger partial charge in [-0.05, 0) is 60.4 Å². The van der Waals surface area contributed by atoms with E-state index in [-0.39, 0.29) is 13.2 Å². The Morgan fingerprint density at radius 1 is 1.04 bits per heavy atom. The number of ether oxygens (including phenoxy) is 2. The second kappa shape index (κ2) is 7.65. The van der Waals surface area contributed by atoms with E-state index in [9.17, 15) is 9.90 Å². The molecule has 1 N–H and O–H groups in total. The lowest BCUT2D eigenvalue weighted by molar-refractivity contribution is -0.307. The Morgan fingerprint density at radius 3 is 2.17 bits per heavy atom. The highest BCUT2D eigenvalue weighted by Crippen LogP contribution is 2.31. The van der Waals surface area contributed by atoms with Gasteiger partial charge >= 0.3 is 0 Å². The van der Waals surface area contributed by atoms with Crippen LogP contribution in [-0.4, -0.2) is 30.9 Å². The molecule has 0 aliphatic heterocycles. The molecule has 2 rings (SSSR count). The van der Waals surface area contributed by atoms with Crippen LogP contribution in [0.5, 0.6) is 11.5 Å². The average Bonchev–Trinajstić information content (AvgIpc) is 2.52. The first-order chi connectivity index (χ1) is 11.0. The quantitative estimate of drug-likeness (QED) is 0.837. The molecule has 0 aliphatic carbocycles. The van der Waals surface area contributed by atoms with Gasteiger partial charge in [-0.25, -0.2) is 0 Å². The van der Waals surface area contributed by atoms with E-state index < -0.39 is 12.6 Å². The first-order valence-corrected chi connectivity index (χ1v) is 7.29. The van der Waals surface area contributed by atoms with Crippen molar-refractivity contribution >= 4 is 5.97 Å². The first-order valence-electron chi connectivity index (χ1n) is 7.29. The number of carbonyl (C=O) groups is 1. The van der Waals surface area contributed by atoms with Crippen molar-refractivity contribution in [1.29, 1.82) is 0 Å². The zero-order chi connectivity index (χ0) is 16.8. The summed E-state index contributed by atoms with van der Waals surface area (Å²) in [4.78, 5) is 10.4. The molecule has 0 heterocycles. The van der Waals surface area contributed by atoms with Gasteiger partial charge in [0.05, 0.1) is 12.6 Å². The highest BCUT2D eigenvalue weighted by atomic mass is 16.5. The number of aliphatic carboxylic acids is 1. The fourth-order valence-corrected chi connectivity index (χ4v) is 2.38.